The summed E-state index contributed by atoms with van der Waals surface area (Å²) in [6.45, 7) is 1.86. The number of nitrogens with zero attached hydrogens (tertiary/aromatic N) is 3. The second kappa shape index (κ2) is 13.9. The highest BCUT2D eigenvalue weighted by atomic mass is 32.2. The lowest BCUT2D eigenvalue weighted by Crippen LogP contribution is -2.43. The van der Waals surface area contributed by atoms with Crippen LogP contribution in [0, 0.1) is 0 Å². The van der Waals surface area contributed by atoms with Gasteiger partial charge in [-0.05, 0) is 70.3 Å². The SMILES string of the molecule is COc1cc(C(=O)NC2CCN(C)CC2)ccc1Nc1ncc(C(F)(F)F)c(NC2CCCC2)n1.CSN. The van der Waals surface area contributed by atoms with E-state index in [0.29, 0.717) is 17.0 Å². The summed E-state index contributed by atoms with van der Waals surface area (Å²) < 4.78 is 45.9. The number of hydrogen-bond donors (Lipinski definition) is 4. The van der Waals surface area contributed by atoms with Crippen molar-refractivity contribution in [2.24, 2.45) is 5.14 Å². The fourth-order valence-corrected chi connectivity index (χ4v) is 4.50. The van der Waals surface area contributed by atoms with Crippen molar-refractivity contribution in [1.29, 1.82) is 0 Å². The number of aromatic nitrogens is 2. The number of methoxy groups -OCH3 is 1. The number of halogens is 3. The number of rotatable bonds is 7. The largest absolute Gasteiger partial charge is 0.495 e. The normalized spacial score (nSPS) is 16.9. The third kappa shape index (κ3) is 8.37. The molecule has 1 aromatic heterocycles. The molecule has 210 valence electrons. The summed E-state index contributed by atoms with van der Waals surface area (Å²) in [7, 11) is 3.52. The lowest BCUT2D eigenvalue weighted by atomic mass is 10.0. The Bertz CT molecular complexity index is 1060. The van der Waals surface area contributed by atoms with Gasteiger partial charge >= 0.3 is 6.18 Å². The van der Waals surface area contributed by atoms with Crippen molar-refractivity contribution in [3.63, 3.8) is 0 Å². The van der Waals surface area contributed by atoms with E-state index in [1.54, 1.807) is 18.2 Å². The molecule has 2 aromatic rings. The Hall–Kier alpha value is -2.77. The molecule has 1 amide bonds. The van der Waals surface area contributed by atoms with Crippen LogP contribution >= 0.6 is 11.9 Å². The molecule has 4 rings (SSSR count). The fourth-order valence-electron chi connectivity index (χ4n) is 4.50. The first-order chi connectivity index (χ1) is 18.1. The maximum absolute atomic E-state index is 13.5. The monoisotopic (exact) mass is 555 g/mol. The van der Waals surface area contributed by atoms with Gasteiger partial charge in [0.2, 0.25) is 5.95 Å². The van der Waals surface area contributed by atoms with Gasteiger partial charge in [-0.3, -0.25) is 9.93 Å². The van der Waals surface area contributed by atoms with Crippen LogP contribution < -0.4 is 25.8 Å². The molecule has 1 aliphatic carbocycles. The van der Waals surface area contributed by atoms with E-state index < -0.39 is 11.7 Å². The molecule has 1 aliphatic heterocycles. The number of benzene rings is 1. The van der Waals surface area contributed by atoms with Crippen molar-refractivity contribution < 1.29 is 22.7 Å². The molecule has 0 atom stereocenters. The maximum atomic E-state index is 13.5. The number of nitrogens with two attached hydrogens (primary N) is 1. The van der Waals surface area contributed by atoms with Gasteiger partial charge in [0.25, 0.3) is 5.91 Å². The van der Waals surface area contributed by atoms with Crippen LogP contribution in [0.3, 0.4) is 0 Å². The second-order valence-electron chi connectivity index (χ2n) is 9.41. The van der Waals surface area contributed by atoms with Crippen LogP contribution in [0.1, 0.15) is 54.4 Å². The number of alkyl halides is 3. The summed E-state index contributed by atoms with van der Waals surface area (Å²) >= 11 is 1.25. The number of piperidine rings is 1. The quantitative estimate of drug-likeness (QED) is 0.362. The topological polar surface area (TPSA) is 117 Å². The Morgan fingerprint density at radius 3 is 2.42 bits per heavy atom. The van der Waals surface area contributed by atoms with Crippen molar-refractivity contribution in [2.75, 3.05) is 44.1 Å². The van der Waals surface area contributed by atoms with Crippen LogP contribution in [-0.4, -0.2) is 66.4 Å². The van der Waals surface area contributed by atoms with Crippen molar-refractivity contribution in [2.45, 2.75) is 56.8 Å². The lowest BCUT2D eigenvalue weighted by Gasteiger charge is -2.29. The highest BCUT2D eigenvalue weighted by Crippen LogP contribution is 2.36. The average molecular weight is 556 g/mol. The number of likely N-dealkylation sites (tertiary alicyclic amines) is 1. The first-order valence-electron chi connectivity index (χ1n) is 12.5. The molecule has 9 nitrogen and oxygen atoms in total. The van der Waals surface area contributed by atoms with Gasteiger partial charge in [-0.2, -0.15) is 18.2 Å². The average Bonchev–Trinajstić information content (AvgIpc) is 3.38. The van der Waals surface area contributed by atoms with E-state index in [1.165, 1.54) is 19.1 Å². The summed E-state index contributed by atoms with van der Waals surface area (Å²) in [6.07, 6.45) is 3.37. The fraction of sp³-hybridized carbons (Fsp3) is 0.560. The van der Waals surface area contributed by atoms with Gasteiger partial charge in [0.05, 0.1) is 12.8 Å². The number of carbonyl (C=O) groups is 1. The van der Waals surface area contributed by atoms with E-state index >= 15 is 0 Å². The molecule has 1 aromatic carbocycles. The van der Waals surface area contributed by atoms with Crippen molar-refractivity contribution in [3.05, 3.63) is 35.5 Å². The van der Waals surface area contributed by atoms with Gasteiger partial charge < -0.3 is 25.6 Å². The third-order valence-corrected chi connectivity index (χ3v) is 6.55. The van der Waals surface area contributed by atoms with Gasteiger partial charge in [-0.25, -0.2) is 4.98 Å². The number of carbonyl (C=O) groups excluding carboxylic acids is 1. The van der Waals surface area contributed by atoms with Crippen LogP contribution in [0.2, 0.25) is 0 Å². The Labute approximate surface area is 225 Å². The predicted molar refractivity (Wildman–Crippen MR) is 145 cm³/mol. The zero-order chi connectivity index (χ0) is 27.7. The molecule has 0 unspecified atom stereocenters. The van der Waals surface area contributed by atoms with Crippen molar-refractivity contribution in [1.82, 2.24) is 20.2 Å². The minimum absolute atomic E-state index is 0.000300. The van der Waals surface area contributed by atoms with E-state index in [0.717, 1.165) is 57.8 Å². The van der Waals surface area contributed by atoms with Gasteiger partial charge in [0.1, 0.15) is 17.1 Å². The molecule has 0 radical (unpaired) electrons. The van der Waals surface area contributed by atoms with Crippen LogP contribution in [0.4, 0.5) is 30.6 Å². The molecular formula is C25H36F3N7O2S. The molecule has 0 bridgehead atoms. The zero-order valence-corrected chi connectivity index (χ0v) is 22.7. The van der Waals surface area contributed by atoms with Crippen LogP contribution in [0.15, 0.2) is 24.4 Å². The van der Waals surface area contributed by atoms with E-state index in [-0.39, 0.29) is 29.8 Å². The van der Waals surface area contributed by atoms with Gasteiger partial charge in [0, 0.05) is 23.8 Å². The summed E-state index contributed by atoms with van der Waals surface area (Å²) in [4.78, 5) is 23.0. The smallest absolute Gasteiger partial charge is 0.421 e. The first-order valence-corrected chi connectivity index (χ1v) is 13.8. The molecule has 5 N–H and O–H groups in total. The Morgan fingerprint density at radius 2 is 1.82 bits per heavy atom. The van der Waals surface area contributed by atoms with Crippen LogP contribution in [0.25, 0.3) is 0 Å². The minimum atomic E-state index is -4.57. The van der Waals surface area contributed by atoms with E-state index in [1.807, 2.05) is 6.26 Å². The van der Waals surface area contributed by atoms with Gasteiger partial charge in [-0.1, -0.05) is 24.8 Å². The number of hydrogen-bond acceptors (Lipinski definition) is 9. The minimum Gasteiger partial charge on any atom is -0.495 e. The predicted octanol–water partition coefficient (Wildman–Crippen LogP) is 4.65. The van der Waals surface area contributed by atoms with E-state index in [9.17, 15) is 18.0 Å². The van der Waals surface area contributed by atoms with Crippen molar-refractivity contribution >= 4 is 35.3 Å². The number of anilines is 3. The molecule has 2 aliphatic rings. The van der Waals surface area contributed by atoms with Crippen molar-refractivity contribution in [3.8, 4) is 5.75 Å². The van der Waals surface area contributed by atoms with Gasteiger partial charge in [0.15, 0.2) is 0 Å². The molecule has 1 saturated carbocycles. The lowest BCUT2D eigenvalue weighted by molar-refractivity contribution is -0.137. The molecule has 38 heavy (non-hydrogen) atoms. The van der Waals surface area contributed by atoms with E-state index in [2.05, 4.69) is 37.9 Å². The Balaban J connectivity index is 0.00000127. The second-order valence-corrected chi connectivity index (χ2v) is 9.88. The third-order valence-electron chi connectivity index (χ3n) is 6.55. The first kappa shape index (κ1) is 29.8. The van der Waals surface area contributed by atoms with E-state index in [4.69, 9.17) is 9.88 Å². The molecule has 2 fully saturated rings. The molecule has 1 saturated heterocycles. The molecule has 0 spiro atoms. The Morgan fingerprint density at radius 1 is 1.16 bits per heavy atom. The Kier molecular flexibility index (Phi) is 10.9. The summed E-state index contributed by atoms with van der Waals surface area (Å²) in [5.41, 5.74) is -0.0268. The van der Waals surface area contributed by atoms with Gasteiger partial charge in [-0.15, -0.1) is 0 Å². The highest BCUT2D eigenvalue weighted by molar-refractivity contribution is 7.96. The maximum Gasteiger partial charge on any atom is 0.421 e. The van der Waals surface area contributed by atoms with Crippen LogP contribution in [-0.2, 0) is 6.18 Å². The molecular weight excluding hydrogens is 519 g/mol. The standard InChI is InChI=1S/C24H31F3N6O2.CH5NS/c1-33-11-9-17(10-12-33)30-22(34)15-7-8-19(20(13-15)35-2)31-23-28-14-18(24(25,26)27)21(32-23)29-16-5-3-4-6-16;1-3-2/h7-8,13-14,16-17H,3-6,9-12H2,1-2H3,(H,30,34)(H2,28,29,31,32);2H2,1H3. The zero-order valence-electron chi connectivity index (χ0n) is 21.9. The van der Waals surface area contributed by atoms with Crippen LogP contribution in [0.5, 0.6) is 5.75 Å². The summed E-state index contributed by atoms with van der Waals surface area (Å²) in [6, 6.07) is 4.93. The summed E-state index contributed by atoms with van der Waals surface area (Å²) in [5, 5.41) is 13.7. The number of nitrogens with one attached hydrogen (secondary N) is 3. The number of amides is 1. The number of ether oxygens (including phenoxy) is 1. The molecule has 13 heteroatoms. The highest BCUT2D eigenvalue weighted by Gasteiger charge is 2.36. The summed E-state index contributed by atoms with van der Waals surface area (Å²) in [5.74, 6) is -0.0802. The molecule has 2 heterocycles.